The lowest BCUT2D eigenvalue weighted by Gasteiger charge is -2.16. The van der Waals surface area contributed by atoms with Crippen LogP contribution >= 0.6 is 23.2 Å². The monoisotopic (exact) mass is 274 g/mol. The van der Waals surface area contributed by atoms with Gasteiger partial charge in [-0.1, -0.05) is 11.6 Å². The molecule has 0 fully saturated rings. The summed E-state index contributed by atoms with van der Waals surface area (Å²) in [7, 11) is 0. The molecule has 2 aromatic rings. The first kappa shape index (κ1) is 12.4. The molecule has 3 N–H and O–H groups in total. The van der Waals surface area contributed by atoms with E-state index in [1.54, 1.807) is 6.07 Å². The molecule has 0 saturated carbocycles. The predicted octanol–water partition coefficient (Wildman–Crippen LogP) is 3.28. The Hall–Kier alpha value is -1.07. The van der Waals surface area contributed by atoms with Crippen molar-refractivity contribution in [3.8, 4) is 0 Å². The number of hydrazine groups is 1. The second-order valence-corrected chi connectivity index (χ2v) is 4.17. The number of nitrogens with two attached hydrogens (primary N) is 1. The first-order chi connectivity index (χ1) is 8.13. The van der Waals surface area contributed by atoms with Crippen LogP contribution in [0.15, 0.2) is 34.9 Å². The summed E-state index contributed by atoms with van der Waals surface area (Å²) in [6.07, 6.45) is 1.43. The van der Waals surface area contributed by atoms with Crippen molar-refractivity contribution < 1.29 is 8.81 Å². The maximum absolute atomic E-state index is 13.2. The lowest BCUT2D eigenvalue weighted by Crippen LogP contribution is -2.29. The second kappa shape index (κ2) is 5.06. The molecule has 0 radical (unpaired) electrons. The summed E-state index contributed by atoms with van der Waals surface area (Å²) in [5.41, 5.74) is 3.63. The first-order valence-electron chi connectivity index (χ1n) is 4.77. The van der Waals surface area contributed by atoms with Crippen molar-refractivity contribution in [3.05, 3.63) is 57.7 Å². The van der Waals surface area contributed by atoms with E-state index < -0.39 is 11.9 Å². The largest absolute Gasteiger partial charge is 0.453 e. The summed E-state index contributed by atoms with van der Waals surface area (Å²) < 4.78 is 18.2. The molecule has 1 aromatic heterocycles. The van der Waals surface area contributed by atoms with Crippen LogP contribution in [0.1, 0.15) is 17.2 Å². The summed E-state index contributed by atoms with van der Waals surface area (Å²) in [5, 5.41) is 0.583. The van der Waals surface area contributed by atoms with Crippen molar-refractivity contribution in [2.45, 2.75) is 6.04 Å². The lowest BCUT2D eigenvalue weighted by molar-refractivity contribution is 0.554. The second-order valence-electron chi connectivity index (χ2n) is 3.42. The Kier molecular flexibility index (Phi) is 3.69. The van der Waals surface area contributed by atoms with Gasteiger partial charge in [0.25, 0.3) is 0 Å². The van der Waals surface area contributed by atoms with Gasteiger partial charge in [0.2, 0.25) is 0 Å². The van der Waals surface area contributed by atoms with Crippen LogP contribution in [0.4, 0.5) is 4.39 Å². The van der Waals surface area contributed by atoms with Gasteiger partial charge in [-0.05, 0) is 41.4 Å². The zero-order chi connectivity index (χ0) is 12.4. The first-order valence-corrected chi connectivity index (χ1v) is 5.53. The zero-order valence-electron chi connectivity index (χ0n) is 8.58. The normalized spacial score (nSPS) is 12.7. The van der Waals surface area contributed by atoms with E-state index in [9.17, 15) is 4.39 Å². The highest BCUT2D eigenvalue weighted by atomic mass is 35.5. The van der Waals surface area contributed by atoms with E-state index in [1.165, 1.54) is 24.5 Å². The van der Waals surface area contributed by atoms with Gasteiger partial charge in [0.15, 0.2) is 5.22 Å². The molecule has 3 nitrogen and oxygen atoms in total. The highest BCUT2D eigenvalue weighted by molar-refractivity contribution is 6.31. The molecule has 1 aromatic carbocycles. The number of rotatable bonds is 3. The van der Waals surface area contributed by atoms with Gasteiger partial charge in [0.05, 0.1) is 12.3 Å². The molecule has 6 heteroatoms. The van der Waals surface area contributed by atoms with E-state index in [2.05, 4.69) is 5.43 Å². The van der Waals surface area contributed by atoms with Crippen molar-refractivity contribution in [2.24, 2.45) is 5.84 Å². The fourth-order valence-electron chi connectivity index (χ4n) is 1.59. The average molecular weight is 275 g/mol. The van der Waals surface area contributed by atoms with Gasteiger partial charge >= 0.3 is 0 Å². The number of nitrogens with one attached hydrogen (secondary N) is 1. The summed E-state index contributed by atoms with van der Waals surface area (Å²) in [5.74, 6) is 5.05. The summed E-state index contributed by atoms with van der Waals surface area (Å²) in [4.78, 5) is 0. The quantitative estimate of drug-likeness (QED) is 0.667. The van der Waals surface area contributed by atoms with Gasteiger partial charge in [0.1, 0.15) is 5.82 Å². The fourth-order valence-corrected chi connectivity index (χ4v) is 2.04. The molecule has 90 valence electrons. The Morgan fingerprint density at radius 1 is 1.24 bits per heavy atom. The summed E-state index contributed by atoms with van der Waals surface area (Å²) in [6, 6.07) is 5.16. The van der Waals surface area contributed by atoms with E-state index in [1.807, 2.05) is 0 Å². The average Bonchev–Trinajstić information content (AvgIpc) is 2.71. The van der Waals surface area contributed by atoms with Crippen molar-refractivity contribution in [2.75, 3.05) is 0 Å². The van der Waals surface area contributed by atoms with Gasteiger partial charge in [-0.2, -0.15) is 0 Å². The highest BCUT2D eigenvalue weighted by Gasteiger charge is 2.20. The van der Waals surface area contributed by atoms with Crippen molar-refractivity contribution in [1.29, 1.82) is 0 Å². The summed E-state index contributed by atoms with van der Waals surface area (Å²) >= 11 is 11.9. The molecule has 0 bridgehead atoms. The van der Waals surface area contributed by atoms with Crippen LogP contribution in [0.5, 0.6) is 0 Å². The molecule has 0 aliphatic carbocycles. The SMILES string of the molecule is NNC(c1cc(F)ccc1Cl)c1ccoc1Cl. The Morgan fingerprint density at radius 2 is 2.00 bits per heavy atom. The smallest absolute Gasteiger partial charge is 0.198 e. The molecule has 1 unspecified atom stereocenters. The number of hydrogen-bond donors (Lipinski definition) is 2. The highest BCUT2D eigenvalue weighted by Crippen LogP contribution is 2.32. The van der Waals surface area contributed by atoms with E-state index in [0.717, 1.165) is 0 Å². The molecular weight excluding hydrogens is 266 g/mol. The van der Waals surface area contributed by atoms with Crippen LogP contribution in [-0.2, 0) is 0 Å². The van der Waals surface area contributed by atoms with E-state index in [4.69, 9.17) is 33.5 Å². The minimum Gasteiger partial charge on any atom is -0.453 e. The van der Waals surface area contributed by atoms with Crippen LogP contribution in [0, 0.1) is 5.82 Å². The molecule has 0 saturated heterocycles. The maximum Gasteiger partial charge on any atom is 0.198 e. The Labute approximate surface area is 107 Å². The van der Waals surface area contributed by atoms with Gasteiger partial charge in [-0.15, -0.1) is 0 Å². The topological polar surface area (TPSA) is 51.2 Å². The van der Waals surface area contributed by atoms with Crippen LogP contribution in [0.25, 0.3) is 0 Å². The van der Waals surface area contributed by atoms with Gasteiger partial charge < -0.3 is 4.42 Å². The van der Waals surface area contributed by atoms with Crippen molar-refractivity contribution >= 4 is 23.2 Å². The number of furan rings is 1. The zero-order valence-corrected chi connectivity index (χ0v) is 10.1. The van der Waals surface area contributed by atoms with Crippen LogP contribution in [0.3, 0.4) is 0 Å². The molecule has 0 aliphatic heterocycles. The molecule has 1 atom stereocenters. The van der Waals surface area contributed by atoms with E-state index in [-0.39, 0.29) is 5.22 Å². The Bertz CT molecular complexity index is 530. The van der Waals surface area contributed by atoms with Gasteiger partial charge in [-0.3, -0.25) is 5.84 Å². The van der Waals surface area contributed by atoms with Crippen molar-refractivity contribution in [1.82, 2.24) is 5.43 Å². The molecule has 0 amide bonds. The standard InChI is InChI=1S/C11H9Cl2FN2O/c12-9-2-1-6(14)5-8(9)10(16-15)7-3-4-17-11(7)13/h1-5,10,16H,15H2. The number of halogens is 3. The van der Waals surface area contributed by atoms with Gasteiger partial charge in [0, 0.05) is 10.6 Å². The Morgan fingerprint density at radius 3 is 2.59 bits per heavy atom. The van der Waals surface area contributed by atoms with Crippen molar-refractivity contribution in [3.63, 3.8) is 0 Å². The number of hydrogen-bond acceptors (Lipinski definition) is 3. The third-order valence-corrected chi connectivity index (χ3v) is 3.04. The third kappa shape index (κ3) is 2.45. The maximum atomic E-state index is 13.2. The molecule has 1 heterocycles. The minimum atomic E-state index is -0.524. The van der Waals surface area contributed by atoms with Crippen LogP contribution < -0.4 is 11.3 Å². The molecule has 2 rings (SSSR count). The molecule has 0 spiro atoms. The number of benzene rings is 1. The molecular formula is C11H9Cl2FN2O. The fraction of sp³-hybridized carbons (Fsp3) is 0.0909. The van der Waals surface area contributed by atoms with Crippen LogP contribution in [0.2, 0.25) is 10.2 Å². The van der Waals surface area contributed by atoms with Crippen LogP contribution in [-0.4, -0.2) is 0 Å². The minimum absolute atomic E-state index is 0.188. The summed E-state index contributed by atoms with van der Waals surface area (Å²) in [6.45, 7) is 0. The predicted molar refractivity (Wildman–Crippen MR) is 64.3 cm³/mol. The van der Waals surface area contributed by atoms with E-state index in [0.29, 0.717) is 16.1 Å². The molecule has 17 heavy (non-hydrogen) atoms. The molecule has 0 aliphatic rings. The Balaban J connectivity index is 2.49. The van der Waals surface area contributed by atoms with Gasteiger partial charge in [-0.25, -0.2) is 9.82 Å². The third-order valence-electron chi connectivity index (χ3n) is 2.39. The lowest BCUT2D eigenvalue weighted by atomic mass is 10.0. The van der Waals surface area contributed by atoms with E-state index >= 15 is 0 Å².